The van der Waals surface area contributed by atoms with Gasteiger partial charge in [-0.2, -0.15) is 0 Å². The van der Waals surface area contributed by atoms with E-state index in [-0.39, 0.29) is 10.6 Å². The molecule has 0 radical (unpaired) electrons. The molecule has 2 aromatic rings. The number of rotatable bonds is 3. The fourth-order valence-corrected chi connectivity index (χ4v) is 3.68. The van der Waals surface area contributed by atoms with Gasteiger partial charge in [0, 0.05) is 39.3 Å². The van der Waals surface area contributed by atoms with Gasteiger partial charge < -0.3 is 14.7 Å². The quantitative estimate of drug-likeness (QED) is 0.613. The van der Waals surface area contributed by atoms with E-state index < -0.39 is 0 Å². The number of benzene rings is 1. The summed E-state index contributed by atoms with van der Waals surface area (Å²) in [5.41, 5.74) is 2.53. The summed E-state index contributed by atoms with van der Waals surface area (Å²) in [6.07, 6.45) is 2.32. The van der Waals surface area contributed by atoms with E-state index in [0.29, 0.717) is 18.2 Å². The lowest BCUT2D eigenvalue weighted by atomic mass is 10.00. The molecule has 0 atom stereocenters. The number of nitrogens with zero attached hydrogens (tertiary/aromatic N) is 6. The van der Waals surface area contributed by atoms with Crippen LogP contribution in [0.2, 0.25) is 0 Å². The summed E-state index contributed by atoms with van der Waals surface area (Å²) in [4.78, 5) is 26.4. The summed E-state index contributed by atoms with van der Waals surface area (Å²) < 4.78 is 0. The number of piperazine rings is 1. The van der Waals surface area contributed by atoms with Gasteiger partial charge in [0.2, 0.25) is 11.6 Å². The number of hydrogen-bond donors (Lipinski definition) is 0. The smallest absolute Gasteiger partial charge is 0.348 e. The fourth-order valence-electron chi connectivity index (χ4n) is 3.68. The first-order valence-corrected chi connectivity index (χ1v) is 8.88. The van der Waals surface area contributed by atoms with E-state index in [2.05, 4.69) is 34.0 Å². The first-order chi connectivity index (χ1) is 12.6. The van der Waals surface area contributed by atoms with Gasteiger partial charge in [-0.15, -0.1) is 0 Å². The Hall–Kier alpha value is -2.74. The van der Waals surface area contributed by atoms with Crippen LogP contribution in [0.3, 0.4) is 0 Å². The van der Waals surface area contributed by atoms with Gasteiger partial charge in [-0.05, 0) is 24.6 Å². The molecule has 136 valence electrons. The number of hydrogen-bond acceptors (Lipinski definition) is 7. The van der Waals surface area contributed by atoms with Gasteiger partial charge in [0.25, 0.3) is 0 Å². The van der Waals surface area contributed by atoms with E-state index in [1.165, 1.54) is 17.5 Å². The Morgan fingerprint density at radius 2 is 1.62 bits per heavy atom. The van der Waals surface area contributed by atoms with E-state index in [4.69, 9.17) is 0 Å². The molecule has 0 unspecified atom stereocenters. The average Bonchev–Trinajstić information content (AvgIpc) is 2.67. The van der Waals surface area contributed by atoms with Gasteiger partial charge in [0.05, 0.1) is 4.92 Å². The minimum Gasteiger partial charge on any atom is -0.348 e. The first kappa shape index (κ1) is 16.7. The van der Waals surface area contributed by atoms with Crippen LogP contribution in [0.1, 0.15) is 11.1 Å². The number of anilines is 2. The highest BCUT2D eigenvalue weighted by atomic mass is 16.6. The van der Waals surface area contributed by atoms with Crippen LogP contribution in [0.5, 0.6) is 0 Å². The Labute approximate surface area is 152 Å². The van der Waals surface area contributed by atoms with Crippen molar-refractivity contribution in [1.82, 2.24) is 14.9 Å². The van der Waals surface area contributed by atoms with Gasteiger partial charge in [-0.3, -0.25) is 10.1 Å². The third-order valence-corrected chi connectivity index (χ3v) is 5.20. The molecular weight excluding hydrogens is 332 g/mol. The van der Waals surface area contributed by atoms with E-state index in [9.17, 15) is 10.1 Å². The lowest BCUT2D eigenvalue weighted by Crippen LogP contribution is -2.45. The molecule has 8 nitrogen and oxygen atoms in total. The maximum absolute atomic E-state index is 11.9. The zero-order valence-corrected chi connectivity index (χ0v) is 14.8. The molecule has 2 aliphatic heterocycles. The third kappa shape index (κ3) is 3.08. The summed E-state index contributed by atoms with van der Waals surface area (Å²) in [6, 6.07) is 8.24. The summed E-state index contributed by atoms with van der Waals surface area (Å²) in [5, 5.41) is 11.9. The highest BCUT2D eigenvalue weighted by Crippen LogP contribution is 2.36. The van der Waals surface area contributed by atoms with Crippen molar-refractivity contribution < 1.29 is 4.92 Å². The SMILES string of the molecule is CN1CCN(c2ncnc(N3CCc4ccccc4C3)c2[N+](=O)[O-])CC1. The standard InChI is InChI=1S/C18H22N6O2/c1-21-8-10-22(11-9-21)17-16(24(25)26)18(20-13-19-17)23-7-6-14-4-2-3-5-15(14)12-23/h2-5,13H,6-12H2,1H3. The summed E-state index contributed by atoms with van der Waals surface area (Å²) in [6.45, 7) is 4.56. The third-order valence-electron chi connectivity index (χ3n) is 5.20. The second-order valence-corrected chi connectivity index (χ2v) is 6.86. The Morgan fingerprint density at radius 1 is 0.962 bits per heavy atom. The molecule has 1 aromatic heterocycles. The van der Waals surface area contributed by atoms with Gasteiger partial charge >= 0.3 is 5.69 Å². The van der Waals surface area contributed by atoms with Gasteiger partial charge in [-0.25, -0.2) is 9.97 Å². The first-order valence-electron chi connectivity index (χ1n) is 8.88. The van der Waals surface area contributed by atoms with Crippen LogP contribution in [0.25, 0.3) is 0 Å². The Balaban J connectivity index is 1.69. The predicted octanol–water partition coefficient (Wildman–Crippen LogP) is 1.70. The minimum absolute atomic E-state index is 0.0245. The number of fused-ring (bicyclic) bond motifs is 1. The van der Waals surface area contributed by atoms with Gasteiger partial charge in [0.15, 0.2) is 0 Å². The minimum atomic E-state index is -0.330. The molecule has 0 saturated carbocycles. The summed E-state index contributed by atoms with van der Waals surface area (Å²) in [5.74, 6) is 0.861. The van der Waals surface area contributed by atoms with Gasteiger partial charge in [-0.1, -0.05) is 24.3 Å². The predicted molar refractivity (Wildman–Crippen MR) is 99.6 cm³/mol. The van der Waals surface area contributed by atoms with E-state index in [1.54, 1.807) is 0 Å². The Bertz CT molecular complexity index is 819. The molecular formula is C18H22N6O2. The van der Waals surface area contributed by atoms with Crippen LogP contribution in [0.4, 0.5) is 17.3 Å². The van der Waals surface area contributed by atoms with Crippen LogP contribution in [0, 0.1) is 10.1 Å². The van der Waals surface area contributed by atoms with Crippen LogP contribution in [-0.2, 0) is 13.0 Å². The maximum atomic E-state index is 11.9. The van der Waals surface area contributed by atoms with Crippen molar-refractivity contribution in [1.29, 1.82) is 0 Å². The molecule has 0 spiro atoms. The van der Waals surface area contributed by atoms with Crippen LogP contribution in [-0.4, -0.2) is 59.6 Å². The molecule has 1 saturated heterocycles. The molecule has 0 aliphatic carbocycles. The Kier molecular flexibility index (Phi) is 4.42. The number of nitro groups is 1. The molecule has 1 fully saturated rings. The van der Waals surface area contributed by atoms with Crippen molar-refractivity contribution in [2.24, 2.45) is 0 Å². The Morgan fingerprint density at radius 3 is 2.31 bits per heavy atom. The molecule has 8 heteroatoms. The highest BCUT2D eigenvalue weighted by Gasteiger charge is 2.32. The average molecular weight is 354 g/mol. The summed E-state index contributed by atoms with van der Waals surface area (Å²) in [7, 11) is 2.06. The summed E-state index contributed by atoms with van der Waals surface area (Å²) >= 11 is 0. The number of likely N-dealkylation sites (N-methyl/N-ethyl adjacent to an activating group) is 1. The van der Waals surface area contributed by atoms with Crippen molar-refractivity contribution in [3.63, 3.8) is 0 Å². The second kappa shape index (κ2) is 6.87. The lowest BCUT2D eigenvalue weighted by molar-refractivity contribution is -0.383. The van der Waals surface area contributed by atoms with Crippen LogP contribution < -0.4 is 9.80 Å². The molecule has 2 aliphatic rings. The second-order valence-electron chi connectivity index (χ2n) is 6.86. The lowest BCUT2D eigenvalue weighted by Gasteiger charge is -2.34. The fraction of sp³-hybridized carbons (Fsp3) is 0.444. The normalized spacial score (nSPS) is 17.9. The molecule has 26 heavy (non-hydrogen) atoms. The van der Waals surface area contributed by atoms with Crippen molar-refractivity contribution >= 4 is 17.3 Å². The van der Waals surface area contributed by atoms with Crippen molar-refractivity contribution in [2.45, 2.75) is 13.0 Å². The monoisotopic (exact) mass is 354 g/mol. The zero-order valence-electron chi connectivity index (χ0n) is 14.8. The van der Waals surface area contributed by atoms with Crippen LogP contribution >= 0.6 is 0 Å². The molecule has 3 heterocycles. The van der Waals surface area contributed by atoms with Crippen molar-refractivity contribution in [3.05, 3.63) is 51.8 Å². The molecule has 0 N–H and O–H groups in total. The van der Waals surface area contributed by atoms with Crippen LogP contribution in [0.15, 0.2) is 30.6 Å². The van der Waals surface area contributed by atoms with E-state index >= 15 is 0 Å². The van der Waals surface area contributed by atoms with E-state index in [0.717, 1.165) is 39.1 Å². The molecule has 0 bridgehead atoms. The topological polar surface area (TPSA) is 78.6 Å². The van der Waals surface area contributed by atoms with Crippen molar-refractivity contribution in [3.8, 4) is 0 Å². The highest BCUT2D eigenvalue weighted by molar-refractivity contribution is 5.71. The molecule has 1 aromatic carbocycles. The van der Waals surface area contributed by atoms with E-state index in [1.807, 2.05) is 21.9 Å². The zero-order chi connectivity index (χ0) is 18.1. The molecule has 0 amide bonds. The van der Waals surface area contributed by atoms with Gasteiger partial charge in [0.1, 0.15) is 6.33 Å². The maximum Gasteiger partial charge on any atom is 0.353 e. The number of aromatic nitrogens is 2. The molecule has 4 rings (SSSR count). The largest absolute Gasteiger partial charge is 0.353 e. The van der Waals surface area contributed by atoms with Crippen molar-refractivity contribution in [2.75, 3.05) is 49.6 Å².